The van der Waals surface area contributed by atoms with E-state index < -0.39 is 26.8 Å². The van der Waals surface area contributed by atoms with Gasteiger partial charge in [0.1, 0.15) is 0 Å². The summed E-state index contributed by atoms with van der Waals surface area (Å²) in [5.41, 5.74) is 1.28. The number of benzene rings is 1. The zero-order valence-electron chi connectivity index (χ0n) is 11.7. The Bertz CT molecular complexity index is 680. The van der Waals surface area contributed by atoms with Gasteiger partial charge in [0, 0.05) is 35.4 Å². The topological polar surface area (TPSA) is 101 Å². The highest BCUT2D eigenvalue weighted by Crippen LogP contribution is 2.16. The lowest BCUT2D eigenvalue weighted by Gasteiger charge is -2.08. The maximum Gasteiger partial charge on any atom is 0.328 e. The molecule has 0 saturated carbocycles. The Kier molecular flexibility index (Phi) is 6.25. The summed E-state index contributed by atoms with van der Waals surface area (Å²) in [5, 5.41) is 8.57. The summed E-state index contributed by atoms with van der Waals surface area (Å²) in [5.74, 6) is -0.821. The van der Waals surface area contributed by atoms with E-state index in [0.717, 1.165) is 6.08 Å². The van der Waals surface area contributed by atoms with Gasteiger partial charge in [-0.1, -0.05) is 6.07 Å². The van der Waals surface area contributed by atoms with Crippen LogP contribution in [0.4, 0.5) is 0 Å². The van der Waals surface area contributed by atoms with Crippen molar-refractivity contribution in [2.45, 2.75) is 11.8 Å². The minimum absolute atomic E-state index is 0.0920. The van der Waals surface area contributed by atoms with E-state index in [1.54, 1.807) is 13.0 Å². The van der Waals surface area contributed by atoms with Crippen molar-refractivity contribution in [1.29, 1.82) is 0 Å². The van der Waals surface area contributed by atoms with Crippen molar-refractivity contribution in [2.75, 3.05) is 18.6 Å². The van der Waals surface area contributed by atoms with Crippen molar-refractivity contribution in [1.82, 2.24) is 4.72 Å². The number of carboxylic acids is 1. The quantitative estimate of drug-likeness (QED) is 0.718. The van der Waals surface area contributed by atoms with Crippen LogP contribution in [-0.4, -0.2) is 42.3 Å². The third kappa shape index (κ3) is 5.78. The van der Waals surface area contributed by atoms with Crippen molar-refractivity contribution >= 4 is 32.9 Å². The van der Waals surface area contributed by atoms with Crippen molar-refractivity contribution in [3.05, 3.63) is 35.4 Å². The highest BCUT2D eigenvalue weighted by Gasteiger charge is 2.14. The lowest BCUT2D eigenvalue weighted by Crippen LogP contribution is -2.27. The second-order valence-electron chi connectivity index (χ2n) is 4.37. The molecule has 0 radical (unpaired) electrons. The number of hydrogen-bond acceptors (Lipinski definition) is 4. The third-order valence-electron chi connectivity index (χ3n) is 2.64. The number of rotatable bonds is 7. The lowest BCUT2D eigenvalue weighted by atomic mass is 10.1. The fourth-order valence-electron chi connectivity index (χ4n) is 1.57. The van der Waals surface area contributed by atoms with Crippen LogP contribution in [0.2, 0.25) is 0 Å². The number of aliphatic carboxylic acids is 1. The number of carbonyl (C=O) groups is 1. The van der Waals surface area contributed by atoms with Crippen LogP contribution < -0.4 is 4.72 Å². The van der Waals surface area contributed by atoms with Gasteiger partial charge in [-0.2, -0.15) is 0 Å². The average Bonchev–Trinajstić information content (AvgIpc) is 2.36. The zero-order valence-corrected chi connectivity index (χ0v) is 13.3. The van der Waals surface area contributed by atoms with Crippen molar-refractivity contribution in [3.8, 4) is 0 Å². The molecule has 21 heavy (non-hydrogen) atoms. The standard InChI is InChI=1S/C13H17NO5S2/c1-10-9-12(5-3-11(10)4-6-13(15)16)21(18,19)14-7-8-20(2)17/h3-6,9,14H,7-8H2,1-2H3,(H,15,16)/b6-4+. The summed E-state index contributed by atoms with van der Waals surface area (Å²) >= 11 is 0. The number of nitrogens with one attached hydrogen (secondary N) is 1. The molecule has 1 atom stereocenters. The minimum atomic E-state index is -3.65. The fraction of sp³-hybridized carbons (Fsp3) is 0.308. The first-order valence-corrected chi connectivity index (χ1v) is 9.25. The van der Waals surface area contributed by atoms with Crippen molar-refractivity contribution in [3.63, 3.8) is 0 Å². The highest BCUT2D eigenvalue weighted by atomic mass is 32.2. The molecular formula is C13H17NO5S2. The summed E-state index contributed by atoms with van der Waals surface area (Å²) in [4.78, 5) is 10.6. The molecule has 0 aliphatic carbocycles. The van der Waals surface area contributed by atoms with E-state index in [2.05, 4.69) is 4.72 Å². The molecule has 8 heteroatoms. The van der Waals surface area contributed by atoms with Crippen LogP contribution in [0.1, 0.15) is 11.1 Å². The molecule has 0 bridgehead atoms. The molecule has 116 valence electrons. The molecule has 0 aliphatic heterocycles. The van der Waals surface area contributed by atoms with E-state index in [-0.39, 0.29) is 17.2 Å². The van der Waals surface area contributed by atoms with Crippen LogP contribution in [0.3, 0.4) is 0 Å². The maximum absolute atomic E-state index is 12.0. The van der Waals surface area contributed by atoms with E-state index in [9.17, 15) is 17.4 Å². The van der Waals surface area contributed by atoms with Gasteiger partial charge in [-0.25, -0.2) is 17.9 Å². The Labute approximate surface area is 126 Å². The third-order valence-corrected chi connectivity index (χ3v) is 4.88. The number of carboxylic acid groups (broad SMARTS) is 1. The molecule has 0 heterocycles. The van der Waals surface area contributed by atoms with Crippen LogP contribution in [-0.2, 0) is 25.6 Å². The molecular weight excluding hydrogens is 314 g/mol. The summed E-state index contributed by atoms with van der Waals surface area (Å²) in [7, 11) is -4.71. The first-order chi connectivity index (χ1) is 9.72. The Morgan fingerprint density at radius 2 is 2.10 bits per heavy atom. The molecule has 1 aromatic rings. The van der Waals surface area contributed by atoms with Gasteiger partial charge in [-0.15, -0.1) is 0 Å². The first-order valence-electron chi connectivity index (χ1n) is 6.04. The predicted octanol–water partition coefficient (Wildman–Crippen LogP) is 0.750. The molecule has 6 nitrogen and oxygen atoms in total. The van der Waals surface area contributed by atoms with Crippen molar-refractivity contribution < 1.29 is 22.5 Å². The number of hydrogen-bond donors (Lipinski definition) is 2. The smallest absolute Gasteiger partial charge is 0.328 e. The summed E-state index contributed by atoms with van der Waals surface area (Å²) in [6, 6.07) is 4.41. The van der Waals surface area contributed by atoms with Crippen LogP contribution in [0.15, 0.2) is 29.2 Å². The van der Waals surface area contributed by atoms with Gasteiger partial charge >= 0.3 is 5.97 Å². The minimum Gasteiger partial charge on any atom is -0.478 e. The van der Waals surface area contributed by atoms with E-state index in [0.29, 0.717) is 11.1 Å². The highest BCUT2D eigenvalue weighted by molar-refractivity contribution is 7.89. The van der Waals surface area contributed by atoms with Crippen LogP contribution in [0, 0.1) is 6.92 Å². The second kappa shape index (κ2) is 7.48. The van der Waals surface area contributed by atoms with Gasteiger partial charge in [-0.05, 0) is 36.3 Å². The van der Waals surface area contributed by atoms with E-state index in [1.807, 2.05) is 0 Å². The van der Waals surface area contributed by atoms with Crippen molar-refractivity contribution in [2.24, 2.45) is 0 Å². The van der Waals surface area contributed by atoms with E-state index in [1.165, 1.54) is 24.5 Å². The number of sulfonamides is 1. The Balaban J connectivity index is 2.92. The average molecular weight is 331 g/mol. The van der Waals surface area contributed by atoms with Crippen LogP contribution >= 0.6 is 0 Å². The molecule has 2 N–H and O–H groups in total. The number of aryl methyl sites for hydroxylation is 1. The second-order valence-corrected chi connectivity index (χ2v) is 7.69. The first kappa shape index (κ1) is 17.5. The molecule has 0 fully saturated rings. The summed E-state index contributed by atoms with van der Waals surface area (Å²) < 4.78 is 37.3. The van der Waals surface area contributed by atoms with Gasteiger partial charge in [0.15, 0.2) is 0 Å². The van der Waals surface area contributed by atoms with Gasteiger partial charge in [0.25, 0.3) is 0 Å². The molecule has 0 aliphatic rings. The molecule has 0 amide bonds. The lowest BCUT2D eigenvalue weighted by molar-refractivity contribution is -0.131. The van der Waals surface area contributed by atoms with Gasteiger partial charge < -0.3 is 5.11 Å². The van der Waals surface area contributed by atoms with Gasteiger partial charge in [0.05, 0.1) is 4.90 Å². The molecule has 1 aromatic carbocycles. The Morgan fingerprint density at radius 3 is 2.62 bits per heavy atom. The largest absolute Gasteiger partial charge is 0.478 e. The van der Waals surface area contributed by atoms with E-state index >= 15 is 0 Å². The molecule has 0 aromatic heterocycles. The SMILES string of the molecule is Cc1cc(S(=O)(=O)NCCS(C)=O)ccc1/C=C/C(=O)O. The fourth-order valence-corrected chi connectivity index (χ4v) is 3.20. The van der Waals surface area contributed by atoms with Gasteiger partial charge in [-0.3, -0.25) is 4.21 Å². The monoisotopic (exact) mass is 331 g/mol. The zero-order chi connectivity index (χ0) is 16.0. The summed E-state index contributed by atoms with van der Waals surface area (Å²) in [6.45, 7) is 1.80. The molecule has 0 spiro atoms. The Morgan fingerprint density at radius 1 is 1.43 bits per heavy atom. The van der Waals surface area contributed by atoms with Crippen LogP contribution in [0.5, 0.6) is 0 Å². The maximum atomic E-state index is 12.0. The molecule has 1 rings (SSSR count). The predicted molar refractivity (Wildman–Crippen MR) is 82.0 cm³/mol. The summed E-state index contributed by atoms with van der Waals surface area (Å²) in [6.07, 6.45) is 3.90. The Hall–Kier alpha value is -1.51. The van der Waals surface area contributed by atoms with E-state index in [4.69, 9.17) is 5.11 Å². The molecule has 1 unspecified atom stereocenters. The normalized spacial score (nSPS) is 13.4. The van der Waals surface area contributed by atoms with Gasteiger partial charge in [0.2, 0.25) is 10.0 Å². The molecule has 0 saturated heterocycles. The van der Waals surface area contributed by atoms with Crippen LogP contribution in [0.25, 0.3) is 6.08 Å².